The monoisotopic (exact) mass is 313 g/mol. The number of imidazole rings is 1. The Kier molecular flexibility index (Phi) is 2.96. The van der Waals surface area contributed by atoms with E-state index in [1.54, 1.807) is 0 Å². The Bertz CT molecular complexity index is 821. The third-order valence-corrected chi connectivity index (χ3v) is 4.56. The van der Waals surface area contributed by atoms with Crippen molar-refractivity contribution < 1.29 is 9.59 Å². The van der Waals surface area contributed by atoms with Crippen molar-refractivity contribution in [3.05, 3.63) is 29.7 Å². The van der Waals surface area contributed by atoms with Crippen LogP contribution in [0.5, 0.6) is 0 Å². The van der Waals surface area contributed by atoms with Crippen LogP contribution >= 0.6 is 0 Å². The highest BCUT2D eigenvalue weighted by molar-refractivity contribution is 6.13. The average molecular weight is 313 g/mol. The third kappa shape index (κ3) is 2.19. The number of nitrogens with zero attached hydrogens (tertiary/aromatic N) is 4. The molecule has 0 bridgehead atoms. The van der Waals surface area contributed by atoms with Gasteiger partial charge in [-0.3, -0.25) is 14.6 Å². The maximum atomic E-state index is 12.4. The Hall–Kier alpha value is -2.41. The normalized spacial score (nSPS) is 20.0. The van der Waals surface area contributed by atoms with Crippen LogP contribution in [0, 0.1) is 0 Å². The number of anilines is 1. The quantitative estimate of drug-likeness (QED) is 0.873. The number of likely N-dealkylation sites (N-methyl/N-ethyl adjacent to an activating group) is 1. The van der Waals surface area contributed by atoms with Crippen molar-refractivity contribution in [2.75, 3.05) is 18.5 Å². The summed E-state index contributed by atoms with van der Waals surface area (Å²) in [5.41, 5.74) is 9.24. The van der Waals surface area contributed by atoms with Crippen LogP contribution in [0.3, 0.4) is 0 Å². The van der Waals surface area contributed by atoms with E-state index in [1.807, 2.05) is 23.6 Å². The molecule has 7 nitrogen and oxygen atoms in total. The maximum absolute atomic E-state index is 12.4. The summed E-state index contributed by atoms with van der Waals surface area (Å²) in [7, 11) is 1.51. The van der Waals surface area contributed by atoms with E-state index in [2.05, 4.69) is 11.2 Å². The van der Waals surface area contributed by atoms with E-state index in [-0.39, 0.29) is 24.5 Å². The summed E-state index contributed by atoms with van der Waals surface area (Å²) in [6.07, 6.45) is 6.28. The van der Waals surface area contributed by atoms with Crippen LogP contribution in [0.1, 0.15) is 43.0 Å². The SMILES string of the molecule is C[C@H](N)c1cn2cc(C3CC3)cc(N3CC(=O)N(C)C3=O)c2n1. The second-order valence-electron chi connectivity index (χ2n) is 6.44. The molecule has 1 saturated carbocycles. The second-order valence-corrected chi connectivity index (χ2v) is 6.44. The van der Waals surface area contributed by atoms with E-state index in [1.165, 1.54) is 17.5 Å². The van der Waals surface area contributed by atoms with Crippen molar-refractivity contribution in [2.45, 2.75) is 31.7 Å². The van der Waals surface area contributed by atoms with Crippen LogP contribution < -0.4 is 10.6 Å². The van der Waals surface area contributed by atoms with Crippen molar-refractivity contribution in [1.29, 1.82) is 0 Å². The van der Waals surface area contributed by atoms with Gasteiger partial charge in [-0.05, 0) is 37.3 Å². The van der Waals surface area contributed by atoms with E-state index >= 15 is 0 Å². The first-order valence-corrected chi connectivity index (χ1v) is 7.82. The summed E-state index contributed by atoms with van der Waals surface area (Å²) in [5.74, 6) is 0.328. The van der Waals surface area contributed by atoms with Crippen molar-refractivity contribution in [3.8, 4) is 0 Å². The van der Waals surface area contributed by atoms with E-state index in [0.717, 1.165) is 23.4 Å². The fourth-order valence-corrected chi connectivity index (χ4v) is 2.96. The number of hydrogen-bond acceptors (Lipinski definition) is 4. The molecule has 1 aliphatic heterocycles. The number of hydrogen-bond donors (Lipinski definition) is 1. The summed E-state index contributed by atoms with van der Waals surface area (Å²) in [4.78, 5) is 31.5. The molecule has 1 atom stereocenters. The molecule has 3 heterocycles. The molecule has 2 aliphatic rings. The van der Waals surface area contributed by atoms with Gasteiger partial charge in [-0.1, -0.05) is 0 Å². The van der Waals surface area contributed by atoms with Gasteiger partial charge in [0.25, 0.3) is 0 Å². The summed E-state index contributed by atoms with van der Waals surface area (Å²) >= 11 is 0. The zero-order chi connectivity index (χ0) is 16.3. The van der Waals surface area contributed by atoms with Crippen LogP contribution in [-0.4, -0.2) is 39.8 Å². The number of fused-ring (bicyclic) bond motifs is 1. The third-order valence-electron chi connectivity index (χ3n) is 4.56. The Morgan fingerprint density at radius 3 is 2.61 bits per heavy atom. The first-order chi connectivity index (χ1) is 11.0. The number of nitrogens with two attached hydrogens (primary N) is 1. The molecule has 120 valence electrons. The fraction of sp³-hybridized carbons (Fsp3) is 0.438. The standard InChI is InChI=1S/C16H19N5O2/c1-9(17)12-7-20-6-11(10-3-4-10)5-13(15(20)18-12)21-8-14(22)19(2)16(21)23/h5-7,9-10H,3-4,8,17H2,1-2H3/t9-/m0/s1. The Morgan fingerprint density at radius 1 is 1.30 bits per heavy atom. The van der Waals surface area contributed by atoms with Crippen LogP contribution in [0.4, 0.5) is 10.5 Å². The van der Waals surface area contributed by atoms with Gasteiger partial charge in [0.15, 0.2) is 5.65 Å². The number of amides is 3. The van der Waals surface area contributed by atoms with Crippen molar-refractivity contribution in [3.63, 3.8) is 0 Å². The smallest absolute Gasteiger partial charge is 0.323 e. The molecule has 0 aromatic carbocycles. The topological polar surface area (TPSA) is 83.9 Å². The number of imide groups is 1. The zero-order valence-corrected chi connectivity index (χ0v) is 13.2. The zero-order valence-electron chi connectivity index (χ0n) is 13.2. The molecule has 3 amide bonds. The lowest BCUT2D eigenvalue weighted by Crippen LogP contribution is -2.30. The lowest BCUT2D eigenvalue weighted by Gasteiger charge is -2.17. The molecule has 1 aliphatic carbocycles. The molecule has 23 heavy (non-hydrogen) atoms. The molecule has 2 aromatic heterocycles. The number of pyridine rings is 1. The molecular formula is C16H19N5O2. The second kappa shape index (κ2) is 4.79. The van der Waals surface area contributed by atoms with Crippen LogP contribution in [-0.2, 0) is 4.79 Å². The maximum Gasteiger partial charge on any atom is 0.331 e. The van der Waals surface area contributed by atoms with Crippen LogP contribution in [0.2, 0.25) is 0 Å². The van der Waals surface area contributed by atoms with Gasteiger partial charge in [-0.15, -0.1) is 0 Å². The number of aromatic nitrogens is 2. The summed E-state index contributed by atoms with van der Waals surface area (Å²) in [5, 5.41) is 0. The van der Waals surface area contributed by atoms with Gasteiger partial charge >= 0.3 is 6.03 Å². The summed E-state index contributed by atoms with van der Waals surface area (Å²) < 4.78 is 1.93. The van der Waals surface area contributed by atoms with Gasteiger partial charge in [-0.2, -0.15) is 0 Å². The van der Waals surface area contributed by atoms with E-state index in [4.69, 9.17) is 5.73 Å². The molecule has 2 aromatic rings. The number of rotatable bonds is 3. The molecule has 7 heteroatoms. The van der Waals surface area contributed by atoms with E-state index in [0.29, 0.717) is 17.3 Å². The largest absolute Gasteiger partial charge is 0.331 e. The summed E-state index contributed by atoms with van der Waals surface area (Å²) in [6, 6.07) is 1.50. The van der Waals surface area contributed by atoms with E-state index < -0.39 is 0 Å². The molecule has 4 rings (SSSR count). The minimum absolute atomic E-state index is 0.0550. The lowest BCUT2D eigenvalue weighted by molar-refractivity contribution is -0.123. The van der Waals surface area contributed by atoms with Gasteiger partial charge in [0.2, 0.25) is 5.91 Å². The van der Waals surface area contributed by atoms with E-state index in [9.17, 15) is 9.59 Å². The predicted octanol–water partition coefficient (Wildman–Crippen LogP) is 1.63. The minimum Gasteiger partial charge on any atom is -0.323 e. The van der Waals surface area contributed by atoms with Crippen LogP contribution in [0.15, 0.2) is 18.5 Å². The van der Waals surface area contributed by atoms with Gasteiger partial charge in [0, 0.05) is 25.5 Å². The molecule has 2 N–H and O–H groups in total. The highest BCUT2D eigenvalue weighted by Gasteiger charge is 2.36. The molecule has 0 unspecified atom stereocenters. The molecular weight excluding hydrogens is 294 g/mol. The predicted molar refractivity (Wildman–Crippen MR) is 85.3 cm³/mol. The number of carbonyl (C=O) groups is 2. The molecule has 0 radical (unpaired) electrons. The summed E-state index contributed by atoms with van der Waals surface area (Å²) in [6.45, 7) is 1.93. The Labute approximate surface area is 133 Å². The number of urea groups is 1. The average Bonchev–Trinajstić information content (AvgIpc) is 3.23. The van der Waals surface area contributed by atoms with Gasteiger partial charge in [0.1, 0.15) is 6.54 Å². The molecule has 0 spiro atoms. The van der Waals surface area contributed by atoms with Crippen molar-refractivity contribution in [2.24, 2.45) is 5.73 Å². The Balaban J connectivity index is 1.89. The van der Waals surface area contributed by atoms with Gasteiger partial charge in [0.05, 0.1) is 11.4 Å². The van der Waals surface area contributed by atoms with Crippen molar-refractivity contribution in [1.82, 2.24) is 14.3 Å². The first-order valence-electron chi connectivity index (χ1n) is 7.82. The fourth-order valence-electron chi connectivity index (χ4n) is 2.96. The number of carbonyl (C=O) groups excluding carboxylic acids is 2. The first kappa shape index (κ1) is 14.2. The minimum atomic E-state index is -0.310. The highest BCUT2D eigenvalue weighted by Crippen LogP contribution is 2.42. The molecule has 2 fully saturated rings. The molecule has 1 saturated heterocycles. The Morgan fingerprint density at radius 2 is 2.04 bits per heavy atom. The van der Waals surface area contributed by atoms with Crippen molar-refractivity contribution >= 4 is 23.3 Å². The van der Waals surface area contributed by atoms with Gasteiger partial charge < -0.3 is 10.1 Å². The lowest BCUT2D eigenvalue weighted by atomic mass is 10.1. The van der Waals surface area contributed by atoms with Gasteiger partial charge in [-0.25, -0.2) is 9.78 Å². The van der Waals surface area contributed by atoms with Crippen LogP contribution in [0.25, 0.3) is 5.65 Å². The highest BCUT2D eigenvalue weighted by atomic mass is 16.2.